The Balaban J connectivity index is 2.09. The summed E-state index contributed by atoms with van der Waals surface area (Å²) in [5.41, 5.74) is 6.79. The third-order valence-corrected chi connectivity index (χ3v) is 5.18. The summed E-state index contributed by atoms with van der Waals surface area (Å²) in [5.74, 6) is 0.791. The molecule has 0 amide bonds. The Labute approximate surface area is 124 Å². The van der Waals surface area contributed by atoms with E-state index in [1.54, 1.807) is 16.7 Å². The third-order valence-electron chi connectivity index (χ3n) is 5.18. The smallest absolute Gasteiger partial charge is 0.0239 e. The average Bonchev–Trinajstić information content (AvgIpc) is 2.37. The van der Waals surface area contributed by atoms with Gasteiger partial charge < -0.3 is 0 Å². The van der Waals surface area contributed by atoms with Crippen LogP contribution in [0, 0.1) is 0 Å². The topological polar surface area (TPSA) is 3.24 Å². The zero-order chi connectivity index (χ0) is 14.5. The van der Waals surface area contributed by atoms with Gasteiger partial charge in [0.15, 0.2) is 0 Å². The van der Waals surface area contributed by atoms with Crippen molar-refractivity contribution >= 4 is 0 Å². The van der Waals surface area contributed by atoms with E-state index in [9.17, 15) is 0 Å². The van der Waals surface area contributed by atoms with Gasteiger partial charge in [0.2, 0.25) is 0 Å². The van der Waals surface area contributed by atoms with E-state index in [0.29, 0.717) is 6.04 Å². The molecule has 1 aliphatic carbocycles. The van der Waals surface area contributed by atoms with E-state index in [1.165, 1.54) is 31.4 Å². The van der Waals surface area contributed by atoms with Gasteiger partial charge in [-0.05, 0) is 66.7 Å². The van der Waals surface area contributed by atoms with E-state index in [2.05, 4.69) is 51.7 Å². The van der Waals surface area contributed by atoms with Crippen molar-refractivity contribution in [1.29, 1.82) is 0 Å². The monoisotopic (exact) mass is 271 g/mol. The summed E-state index contributed by atoms with van der Waals surface area (Å²) in [4.78, 5) is 2.66. The van der Waals surface area contributed by atoms with Crippen molar-refractivity contribution in [1.82, 2.24) is 4.90 Å². The summed E-state index contributed by atoms with van der Waals surface area (Å²) in [6.07, 6.45) is 4.05. The molecule has 1 aliphatic heterocycles. The quantitative estimate of drug-likeness (QED) is 0.720. The zero-order valence-corrected chi connectivity index (χ0v) is 13.8. The Morgan fingerprint density at radius 2 is 1.85 bits per heavy atom. The first-order valence-corrected chi connectivity index (χ1v) is 8.26. The van der Waals surface area contributed by atoms with Crippen LogP contribution in [0.3, 0.4) is 0 Å². The molecule has 1 aromatic rings. The van der Waals surface area contributed by atoms with E-state index in [0.717, 1.165) is 12.5 Å². The molecule has 0 saturated heterocycles. The highest BCUT2D eigenvalue weighted by atomic mass is 15.2. The highest BCUT2D eigenvalue weighted by molar-refractivity contribution is 5.46. The SMILES string of the molecule is CC(C)N1Cc2cc(C(C)(C)C)cc3c2[C@@H](CCC3)C1. The predicted octanol–water partition coefficient (Wildman–Crippen LogP) is 4.63. The molecule has 0 saturated carbocycles. The van der Waals surface area contributed by atoms with Gasteiger partial charge in [-0.1, -0.05) is 32.9 Å². The van der Waals surface area contributed by atoms with Crippen LogP contribution >= 0.6 is 0 Å². The van der Waals surface area contributed by atoms with Crippen molar-refractivity contribution < 1.29 is 0 Å². The Bertz CT molecular complexity index is 507. The number of nitrogens with zero attached hydrogens (tertiary/aromatic N) is 1. The molecule has 0 aromatic heterocycles. The van der Waals surface area contributed by atoms with Gasteiger partial charge in [0.1, 0.15) is 0 Å². The van der Waals surface area contributed by atoms with Crippen molar-refractivity contribution in [3.63, 3.8) is 0 Å². The molecule has 0 unspecified atom stereocenters. The number of hydrogen-bond acceptors (Lipinski definition) is 1. The van der Waals surface area contributed by atoms with Crippen LogP contribution < -0.4 is 0 Å². The van der Waals surface area contributed by atoms with E-state index in [4.69, 9.17) is 0 Å². The van der Waals surface area contributed by atoms with Crippen molar-refractivity contribution in [2.24, 2.45) is 0 Å². The number of hydrogen-bond donors (Lipinski definition) is 0. The van der Waals surface area contributed by atoms with Crippen LogP contribution in [0.2, 0.25) is 0 Å². The van der Waals surface area contributed by atoms with Crippen LogP contribution in [0.5, 0.6) is 0 Å². The fraction of sp³-hybridized carbons (Fsp3) is 0.684. The maximum absolute atomic E-state index is 2.66. The lowest BCUT2D eigenvalue weighted by molar-refractivity contribution is 0.176. The first-order chi connectivity index (χ1) is 9.36. The van der Waals surface area contributed by atoms with E-state index in [-0.39, 0.29) is 5.41 Å². The molecule has 0 fully saturated rings. The molecule has 1 aromatic carbocycles. The van der Waals surface area contributed by atoms with Gasteiger partial charge in [0, 0.05) is 19.1 Å². The lowest BCUT2D eigenvalue weighted by atomic mass is 9.74. The van der Waals surface area contributed by atoms with Gasteiger partial charge in [-0.2, -0.15) is 0 Å². The van der Waals surface area contributed by atoms with E-state index in [1.807, 2.05) is 0 Å². The Morgan fingerprint density at radius 1 is 1.15 bits per heavy atom. The standard InChI is InChI=1S/C19H29N/c1-13(2)20-11-15-8-6-7-14-9-17(19(3,4)5)10-16(12-20)18(14)15/h9-10,13,15H,6-8,11-12H2,1-5H3/t15-/m0/s1. The molecule has 110 valence electrons. The average molecular weight is 271 g/mol. The van der Waals surface area contributed by atoms with Crippen LogP contribution in [0.25, 0.3) is 0 Å². The maximum Gasteiger partial charge on any atom is 0.0239 e. The molecular weight excluding hydrogens is 242 g/mol. The maximum atomic E-state index is 2.66. The molecule has 0 spiro atoms. The molecule has 1 heterocycles. The summed E-state index contributed by atoms with van der Waals surface area (Å²) >= 11 is 0. The fourth-order valence-corrected chi connectivity index (χ4v) is 3.90. The molecule has 2 aliphatic rings. The molecule has 3 rings (SSSR count). The van der Waals surface area contributed by atoms with E-state index >= 15 is 0 Å². The molecule has 0 N–H and O–H groups in total. The lowest BCUT2D eigenvalue weighted by Gasteiger charge is -2.41. The lowest BCUT2D eigenvalue weighted by Crippen LogP contribution is -2.40. The van der Waals surface area contributed by atoms with Gasteiger partial charge in [-0.25, -0.2) is 0 Å². The normalized spacial score (nSPS) is 23.0. The van der Waals surface area contributed by atoms with Gasteiger partial charge in [-0.15, -0.1) is 0 Å². The minimum atomic E-state index is 0.262. The van der Waals surface area contributed by atoms with Crippen LogP contribution in [0.1, 0.15) is 75.6 Å². The molecule has 1 heteroatoms. The van der Waals surface area contributed by atoms with Crippen LogP contribution in [0.15, 0.2) is 12.1 Å². The second kappa shape index (κ2) is 4.87. The summed E-state index contributed by atoms with van der Waals surface area (Å²) in [6.45, 7) is 14.1. The summed E-state index contributed by atoms with van der Waals surface area (Å²) < 4.78 is 0. The summed E-state index contributed by atoms with van der Waals surface area (Å²) in [5, 5.41) is 0. The highest BCUT2D eigenvalue weighted by Gasteiger charge is 2.32. The summed E-state index contributed by atoms with van der Waals surface area (Å²) in [6, 6.07) is 5.67. The Morgan fingerprint density at radius 3 is 2.50 bits per heavy atom. The van der Waals surface area contributed by atoms with Crippen molar-refractivity contribution in [2.75, 3.05) is 6.54 Å². The second-order valence-electron chi connectivity index (χ2n) is 8.07. The zero-order valence-electron chi connectivity index (χ0n) is 13.8. The predicted molar refractivity (Wildman–Crippen MR) is 86.4 cm³/mol. The second-order valence-corrected chi connectivity index (χ2v) is 8.07. The van der Waals surface area contributed by atoms with Crippen LogP contribution in [-0.2, 0) is 18.4 Å². The van der Waals surface area contributed by atoms with Crippen molar-refractivity contribution in [2.45, 2.75) is 77.8 Å². The van der Waals surface area contributed by atoms with Gasteiger partial charge in [0.05, 0.1) is 0 Å². The molecule has 20 heavy (non-hydrogen) atoms. The number of rotatable bonds is 1. The molecule has 0 radical (unpaired) electrons. The first kappa shape index (κ1) is 14.1. The molecule has 0 bridgehead atoms. The third kappa shape index (κ3) is 2.41. The van der Waals surface area contributed by atoms with Crippen LogP contribution in [-0.4, -0.2) is 17.5 Å². The van der Waals surface area contributed by atoms with Gasteiger partial charge >= 0.3 is 0 Å². The fourth-order valence-electron chi connectivity index (χ4n) is 3.90. The van der Waals surface area contributed by atoms with Gasteiger partial charge in [0.25, 0.3) is 0 Å². The van der Waals surface area contributed by atoms with Crippen molar-refractivity contribution in [3.05, 3.63) is 34.4 Å². The van der Waals surface area contributed by atoms with Crippen LogP contribution in [0.4, 0.5) is 0 Å². The van der Waals surface area contributed by atoms with Crippen molar-refractivity contribution in [3.8, 4) is 0 Å². The first-order valence-electron chi connectivity index (χ1n) is 8.26. The Kier molecular flexibility index (Phi) is 3.44. The number of benzene rings is 1. The Hall–Kier alpha value is -0.820. The molecular formula is C19H29N. The number of aryl methyl sites for hydroxylation is 1. The molecule has 1 atom stereocenters. The molecule has 1 nitrogen and oxygen atoms in total. The van der Waals surface area contributed by atoms with E-state index < -0.39 is 0 Å². The summed E-state index contributed by atoms with van der Waals surface area (Å²) in [7, 11) is 0. The largest absolute Gasteiger partial charge is 0.296 e. The van der Waals surface area contributed by atoms with Gasteiger partial charge in [-0.3, -0.25) is 4.90 Å². The minimum absolute atomic E-state index is 0.262. The minimum Gasteiger partial charge on any atom is -0.296 e. The highest BCUT2D eigenvalue weighted by Crippen LogP contribution is 2.41.